The molecule has 1 amide bonds. The predicted molar refractivity (Wildman–Crippen MR) is 65.9 cm³/mol. The summed E-state index contributed by atoms with van der Waals surface area (Å²) in [5, 5.41) is 11.4. The minimum absolute atomic E-state index is 0.365. The lowest BCUT2D eigenvalue weighted by Crippen LogP contribution is -2.44. The third-order valence-electron chi connectivity index (χ3n) is 2.51. The van der Waals surface area contributed by atoms with Gasteiger partial charge in [-0.1, -0.05) is 0 Å². The first-order valence-corrected chi connectivity index (χ1v) is 5.35. The molecule has 98 valence electrons. The van der Waals surface area contributed by atoms with E-state index in [2.05, 4.69) is 10.1 Å². The molecule has 1 aromatic rings. The molecule has 0 bridgehead atoms. The van der Waals surface area contributed by atoms with Crippen molar-refractivity contribution in [2.75, 3.05) is 19.5 Å². The zero-order valence-corrected chi connectivity index (χ0v) is 10.3. The van der Waals surface area contributed by atoms with E-state index in [0.717, 1.165) is 5.56 Å². The zero-order valence-electron chi connectivity index (χ0n) is 10.3. The van der Waals surface area contributed by atoms with Crippen LogP contribution >= 0.6 is 0 Å². The predicted octanol–water partition coefficient (Wildman–Crippen LogP) is -0.159. The number of benzene rings is 1. The minimum atomic E-state index is -1.07. The van der Waals surface area contributed by atoms with E-state index in [1.807, 2.05) is 0 Å². The third-order valence-corrected chi connectivity index (χ3v) is 2.51. The Balaban J connectivity index is 2.81. The Kier molecular flexibility index (Phi) is 4.67. The van der Waals surface area contributed by atoms with Crippen LogP contribution in [0.1, 0.15) is 15.9 Å². The summed E-state index contributed by atoms with van der Waals surface area (Å²) in [5.74, 6) is -1.17. The number of ether oxygens (including phenoxy) is 1. The molecule has 1 rings (SSSR count). The van der Waals surface area contributed by atoms with E-state index in [4.69, 9.17) is 10.8 Å². The van der Waals surface area contributed by atoms with Gasteiger partial charge < -0.3 is 20.9 Å². The van der Waals surface area contributed by atoms with Gasteiger partial charge in [-0.25, -0.2) is 4.79 Å². The third kappa shape index (κ3) is 3.21. The van der Waals surface area contributed by atoms with Gasteiger partial charge in [0.15, 0.2) is 6.04 Å². The van der Waals surface area contributed by atoms with Crippen molar-refractivity contribution >= 4 is 17.6 Å². The van der Waals surface area contributed by atoms with Crippen LogP contribution in [0.4, 0.5) is 5.69 Å². The summed E-state index contributed by atoms with van der Waals surface area (Å²) in [7, 11) is 1.19. The lowest BCUT2D eigenvalue weighted by molar-refractivity contribution is -0.143. The van der Waals surface area contributed by atoms with Crippen LogP contribution in [0, 0.1) is 6.92 Å². The highest BCUT2D eigenvalue weighted by molar-refractivity contribution is 5.97. The summed E-state index contributed by atoms with van der Waals surface area (Å²) in [6, 6.07) is 3.69. The van der Waals surface area contributed by atoms with Crippen LogP contribution in [0.25, 0.3) is 0 Å². The molecule has 6 nitrogen and oxygen atoms in total. The van der Waals surface area contributed by atoms with Gasteiger partial charge >= 0.3 is 5.97 Å². The molecule has 0 saturated carbocycles. The second kappa shape index (κ2) is 6.02. The second-order valence-electron chi connectivity index (χ2n) is 3.80. The average Bonchev–Trinajstić information content (AvgIpc) is 2.37. The van der Waals surface area contributed by atoms with Crippen LogP contribution in [0.5, 0.6) is 0 Å². The van der Waals surface area contributed by atoms with Crippen LogP contribution in [0.3, 0.4) is 0 Å². The van der Waals surface area contributed by atoms with E-state index in [1.54, 1.807) is 25.1 Å². The van der Waals surface area contributed by atoms with E-state index < -0.39 is 24.5 Å². The molecule has 0 fully saturated rings. The standard InChI is InChI=1S/C12H16N2O4/c1-7-5-8(3-4-9(7)13)11(16)14-10(6-15)12(17)18-2/h3-5,10,15H,6,13H2,1-2H3,(H,14,16)/t10-/m1/s1. The van der Waals surface area contributed by atoms with Crippen LogP contribution in [0.2, 0.25) is 0 Å². The Morgan fingerprint density at radius 3 is 2.67 bits per heavy atom. The largest absolute Gasteiger partial charge is 0.467 e. The molecule has 4 N–H and O–H groups in total. The number of carbonyl (C=O) groups is 2. The number of hydrogen-bond acceptors (Lipinski definition) is 5. The number of methoxy groups -OCH3 is 1. The summed E-state index contributed by atoms with van der Waals surface area (Å²) < 4.78 is 4.45. The zero-order chi connectivity index (χ0) is 13.7. The molecule has 0 aliphatic heterocycles. The number of hydrogen-bond donors (Lipinski definition) is 3. The fourth-order valence-corrected chi connectivity index (χ4v) is 1.38. The monoisotopic (exact) mass is 252 g/mol. The Labute approximate surface area is 105 Å². The van der Waals surface area contributed by atoms with Gasteiger partial charge in [0.1, 0.15) is 0 Å². The summed E-state index contributed by atoms with van der Waals surface area (Å²) in [5.41, 5.74) is 7.35. The summed E-state index contributed by atoms with van der Waals surface area (Å²) in [4.78, 5) is 23.0. The van der Waals surface area contributed by atoms with Crippen molar-refractivity contribution in [2.24, 2.45) is 0 Å². The quantitative estimate of drug-likeness (QED) is 0.510. The fraction of sp³-hybridized carbons (Fsp3) is 0.333. The number of aliphatic hydroxyl groups excluding tert-OH is 1. The minimum Gasteiger partial charge on any atom is -0.467 e. The summed E-state index contributed by atoms with van der Waals surface area (Å²) >= 11 is 0. The number of amides is 1. The first-order chi connectivity index (χ1) is 8.49. The number of rotatable bonds is 4. The average molecular weight is 252 g/mol. The molecule has 0 aromatic heterocycles. The smallest absolute Gasteiger partial charge is 0.330 e. The SMILES string of the molecule is COC(=O)[C@@H](CO)NC(=O)c1ccc(N)c(C)c1. The van der Waals surface area contributed by atoms with Crippen molar-refractivity contribution in [2.45, 2.75) is 13.0 Å². The Hall–Kier alpha value is -2.08. The molecule has 6 heteroatoms. The van der Waals surface area contributed by atoms with Gasteiger partial charge in [-0.15, -0.1) is 0 Å². The molecule has 0 radical (unpaired) electrons. The van der Waals surface area contributed by atoms with Crippen LogP contribution < -0.4 is 11.1 Å². The number of nitrogens with one attached hydrogen (secondary N) is 1. The lowest BCUT2D eigenvalue weighted by atomic mass is 10.1. The number of aryl methyl sites for hydroxylation is 1. The molecular formula is C12H16N2O4. The maximum absolute atomic E-state index is 11.8. The normalized spacial score (nSPS) is 11.7. The highest BCUT2D eigenvalue weighted by Gasteiger charge is 2.21. The first kappa shape index (κ1) is 14.0. The molecule has 1 atom stereocenters. The van der Waals surface area contributed by atoms with Crippen molar-refractivity contribution in [3.63, 3.8) is 0 Å². The van der Waals surface area contributed by atoms with Crippen LogP contribution in [-0.2, 0) is 9.53 Å². The number of aliphatic hydroxyl groups is 1. The van der Waals surface area contributed by atoms with Crippen molar-refractivity contribution < 1.29 is 19.4 Å². The maximum atomic E-state index is 11.8. The fourth-order valence-electron chi connectivity index (χ4n) is 1.38. The van der Waals surface area contributed by atoms with Gasteiger partial charge in [-0.3, -0.25) is 4.79 Å². The maximum Gasteiger partial charge on any atom is 0.330 e. The Bertz CT molecular complexity index is 459. The summed E-state index contributed by atoms with van der Waals surface area (Å²) in [6.07, 6.45) is 0. The number of nitrogens with two attached hydrogens (primary N) is 1. The topological polar surface area (TPSA) is 102 Å². The van der Waals surface area contributed by atoms with Gasteiger partial charge in [0.25, 0.3) is 5.91 Å². The van der Waals surface area contributed by atoms with E-state index in [-0.39, 0.29) is 0 Å². The Morgan fingerprint density at radius 2 is 2.17 bits per heavy atom. The molecule has 0 aliphatic rings. The van der Waals surface area contributed by atoms with E-state index in [9.17, 15) is 9.59 Å². The molecule has 0 aliphatic carbocycles. The van der Waals surface area contributed by atoms with Gasteiger partial charge in [-0.05, 0) is 30.7 Å². The number of anilines is 1. The number of esters is 1. The lowest BCUT2D eigenvalue weighted by Gasteiger charge is -2.14. The van der Waals surface area contributed by atoms with E-state index >= 15 is 0 Å². The molecule has 1 aromatic carbocycles. The van der Waals surface area contributed by atoms with Crippen LogP contribution in [-0.4, -0.2) is 36.7 Å². The van der Waals surface area contributed by atoms with Gasteiger partial charge in [0, 0.05) is 11.3 Å². The molecule has 0 heterocycles. The number of nitrogen functional groups attached to an aromatic ring is 1. The van der Waals surface area contributed by atoms with Crippen molar-refractivity contribution in [3.05, 3.63) is 29.3 Å². The van der Waals surface area contributed by atoms with Crippen molar-refractivity contribution in [1.29, 1.82) is 0 Å². The second-order valence-corrected chi connectivity index (χ2v) is 3.80. The van der Waals surface area contributed by atoms with Gasteiger partial charge in [0.2, 0.25) is 0 Å². The first-order valence-electron chi connectivity index (χ1n) is 5.35. The molecule has 18 heavy (non-hydrogen) atoms. The molecule has 0 saturated heterocycles. The van der Waals surface area contributed by atoms with Crippen molar-refractivity contribution in [1.82, 2.24) is 5.32 Å². The molecule has 0 unspecified atom stereocenters. The van der Waals surface area contributed by atoms with Crippen molar-refractivity contribution in [3.8, 4) is 0 Å². The summed E-state index contributed by atoms with van der Waals surface area (Å²) in [6.45, 7) is 1.25. The highest BCUT2D eigenvalue weighted by atomic mass is 16.5. The highest BCUT2D eigenvalue weighted by Crippen LogP contribution is 2.12. The van der Waals surface area contributed by atoms with Crippen LogP contribution in [0.15, 0.2) is 18.2 Å². The van der Waals surface area contributed by atoms with E-state index in [0.29, 0.717) is 11.3 Å². The van der Waals surface area contributed by atoms with Gasteiger partial charge in [-0.2, -0.15) is 0 Å². The number of carbonyl (C=O) groups excluding carboxylic acids is 2. The molecule has 0 spiro atoms. The Morgan fingerprint density at radius 1 is 1.50 bits per heavy atom. The van der Waals surface area contributed by atoms with E-state index in [1.165, 1.54) is 7.11 Å². The van der Waals surface area contributed by atoms with Gasteiger partial charge in [0.05, 0.1) is 13.7 Å². The molecular weight excluding hydrogens is 236 g/mol.